The number of Topliss-reactive ketones (excluding diaryl/α,β-unsaturated/α-hetero) is 1. The van der Waals surface area contributed by atoms with Crippen molar-refractivity contribution in [1.82, 2.24) is 0 Å². The highest BCUT2D eigenvalue weighted by Crippen LogP contribution is 2.37. The Kier molecular flexibility index (Phi) is 3.66. The number of hydrogen-bond acceptors (Lipinski definition) is 3. The summed E-state index contributed by atoms with van der Waals surface area (Å²) in [7, 11) is 0. The number of benzene rings is 1. The fraction of sp³-hybridized carbons (Fsp3) is 0.312. The summed E-state index contributed by atoms with van der Waals surface area (Å²) in [6, 6.07) is 1.09. The van der Waals surface area contributed by atoms with E-state index in [9.17, 15) is 22.4 Å². The van der Waals surface area contributed by atoms with E-state index >= 15 is 0 Å². The minimum Gasteiger partial charge on any atom is -0.294 e. The van der Waals surface area contributed by atoms with Crippen LogP contribution in [0.3, 0.4) is 0 Å². The molecule has 0 amide bonds. The summed E-state index contributed by atoms with van der Waals surface area (Å²) in [5.74, 6) is -0.954. The maximum atomic E-state index is 13.9. The van der Waals surface area contributed by atoms with E-state index in [0.29, 0.717) is 29.8 Å². The molecule has 0 aromatic heterocycles. The van der Waals surface area contributed by atoms with Gasteiger partial charge in [-0.2, -0.15) is 23.4 Å². The van der Waals surface area contributed by atoms with E-state index in [1.54, 1.807) is 6.08 Å². The summed E-state index contributed by atoms with van der Waals surface area (Å²) in [5, 5.41) is 7.75. The third kappa shape index (κ3) is 2.95. The molecule has 0 N–H and O–H groups in total. The molecule has 1 aromatic rings. The first-order chi connectivity index (χ1) is 10.8. The highest BCUT2D eigenvalue weighted by Gasteiger charge is 2.33. The molecular weight excluding hydrogens is 312 g/mol. The van der Waals surface area contributed by atoms with Crippen LogP contribution in [0.2, 0.25) is 0 Å². The van der Waals surface area contributed by atoms with Gasteiger partial charge >= 0.3 is 6.18 Å². The number of carbonyl (C=O) groups excluding carboxylic acids is 1. The third-order valence-electron chi connectivity index (χ3n) is 3.78. The molecule has 2 aliphatic rings. The van der Waals surface area contributed by atoms with Gasteiger partial charge in [0.1, 0.15) is 11.9 Å². The average Bonchev–Trinajstić information content (AvgIpc) is 2.46. The van der Waals surface area contributed by atoms with Gasteiger partial charge in [0.2, 0.25) is 0 Å². The van der Waals surface area contributed by atoms with Gasteiger partial charge in [0, 0.05) is 17.6 Å². The summed E-state index contributed by atoms with van der Waals surface area (Å²) in [4.78, 5) is 12.0. The average molecular weight is 324 g/mol. The molecule has 23 heavy (non-hydrogen) atoms. The molecule has 0 radical (unpaired) electrons. The Labute approximate surface area is 129 Å². The number of nitrogens with zero attached hydrogens (tertiary/aromatic N) is 2. The summed E-state index contributed by atoms with van der Waals surface area (Å²) in [6.45, 7) is 1.86. The van der Waals surface area contributed by atoms with Gasteiger partial charge in [0.05, 0.1) is 11.3 Å². The number of azo groups is 1. The molecule has 3 nitrogen and oxygen atoms in total. The normalized spacial score (nSPS) is 24.1. The van der Waals surface area contributed by atoms with Crippen LogP contribution in [-0.4, -0.2) is 5.78 Å². The van der Waals surface area contributed by atoms with Gasteiger partial charge in [0.15, 0.2) is 5.78 Å². The monoisotopic (exact) mass is 324 g/mol. The molecule has 1 aromatic carbocycles. The summed E-state index contributed by atoms with van der Waals surface area (Å²) in [5.41, 5.74) is -0.522. The largest absolute Gasteiger partial charge is 0.416 e. The molecule has 0 bridgehead atoms. The van der Waals surface area contributed by atoms with Crippen LogP contribution in [0.1, 0.15) is 30.5 Å². The highest BCUT2D eigenvalue weighted by atomic mass is 19.4. The standard InChI is InChI=1S/C16H12F4N2O/c1-8-4-13-11(15(23)5-8)7-14(22-21-13)10-6-9(16(18,19)20)2-3-12(10)17/h2-4,6-8,14H,5H2,1H3. The molecule has 0 spiro atoms. The van der Waals surface area contributed by atoms with Gasteiger partial charge in [-0.05, 0) is 30.2 Å². The lowest BCUT2D eigenvalue weighted by Gasteiger charge is -2.22. The number of fused-ring (bicyclic) bond motifs is 1. The second kappa shape index (κ2) is 5.40. The molecule has 120 valence electrons. The van der Waals surface area contributed by atoms with Gasteiger partial charge in [-0.15, -0.1) is 0 Å². The topological polar surface area (TPSA) is 41.8 Å². The number of halogens is 4. The highest BCUT2D eigenvalue weighted by molar-refractivity contribution is 6.01. The smallest absolute Gasteiger partial charge is 0.294 e. The van der Waals surface area contributed by atoms with Gasteiger partial charge in [-0.25, -0.2) is 4.39 Å². The first-order valence-corrected chi connectivity index (χ1v) is 7.00. The van der Waals surface area contributed by atoms with E-state index in [4.69, 9.17) is 0 Å². The summed E-state index contributed by atoms with van der Waals surface area (Å²) >= 11 is 0. The first-order valence-electron chi connectivity index (χ1n) is 7.00. The lowest BCUT2D eigenvalue weighted by Crippen LogP contribution is -2.17. The van der Waals surface area contributed by atoms with Crippen LogP contribution in [-0.2, 0) is 11.0 Å². The number of ketones is 1. The number of carbonyl (C=O) groups is 1. The minimum absolute atomic E-state index is 0.0236. The first kappa shape index (κ1) is 15.6. The van der Waals surface area contributed by atoms with Crippen LogP contribution in [0.4, 0.5) is 17.6 Å². The number of allylic oxidation sites excluding steroid dienone is 2. The maximum Gasteiger partial charge on any atom is 0.416 e. The van der Waals surface area contributed by atoms with E-state index < -0.39 is 23.6 Å². The van der Waals surface area contributed by atoms with Crippen LogP contribution in [0.25, 0.3) is 0 Å². The number of rotatable bonds is 1. The van der Waals surface area contributed by atoms with Crippen LogP contribution in [0.5, 0.6) is 0 Å². The molecular formula is C16H12F4N2O. The number of alkyl halides is 3. The van der Waals surface area contributed by atoms with Crippen molar-refractivity contribution in [1.29, 1.82) is 0 Å². The Morgan fingerprint density at radius 2 is 1.96 bits per heavy atom. The van der Waals surface area contributed by atoms with E-state index in [2.05, 4.69) is 10.2 Å². The Morgan fingerprint density at radius 3 is 2.65 bits per heavy atom. The Balaban J connectivity index is 2.03. The van der Waals surface area contributed by atoms with Crippen LogP contribution >= 0.6 is 0 Å². The van der Waals surface area contributed by atoms with Crippen molar-refractivity contribution in [2.45, 2.75) is 25.6 Å². The van der Waals surface area contributed by atoms with E-state index in [-0.39, 0.29) is 17.3 Å². The molecule has 1 aliphatic carbocycles. The lowest BCUT2D eigenvalue weighted by atomic mass is 9.87. The van der Waals surface area contributed by atoms with Gasteiger partial charge < -0.3 is 0 Å². The molecule has 1 aliphatic heterocycles. The third-order valence-corrected chi connectivity index (χ3v) is 3.78. The molecule has 0 saturated heterocycles. The predicted molar refractivity (Wildman–Crippen MR) is 74.0 cm³/mol. The molecule has 7 heteroatoms. The molecule has 0 saturated carbocycles. The quantitative estimate of drug-likeness (QED) is 0.686. The zero-order chi connectivity index (χ0) is 16.8. The Hall–Kier alpha value is -2.31. The maximum absolute atomic E-state index is 13.9. The van der Waals surface area contributed by atoms with Crippen molar-refractivity contribution >= 4 is 5.78 Å². The van der Waals surface area contributed by atoms with Crippen molar-refractivity contribution in [2.75, 3.05) is 0 Å². The van der Waals surface area contributed by atoms with Crippen molar-refractivity contribution < 1.29 is 22.4 Å². The SMILES string of the molecule is CC1C=C2N=NC(c3cc(C(F)(F)F)ccc3F)C=C2C(=O)C1. The number of hydrogen-bond donors (Lipinski definition) is 0. The lowest BCUT2D eigenvalue weighted by molar-refractivity contribution is -0.137. The molecule has 2 unspecified atom stereocenters. The van der Waals surface area contributed by atoms with Crippen molar-refractivity contribution in [3.63, 3.8) is 0 Å². The summed E-state index contributed by atoms with van der Waals surface area (Å²) in [6.07, 6.45) is -1.13. The van der Waals surface area contributed by atoms with Gasteiger partial charge in [-0.3, -0.25) is 4.79 Å². The fourth-order valence-electron chi connectivity index (χ4n) is 2.64. The van der Waals surface area contributed by atoms with E-state index in [0.717, 1.165) is 6.07 Å². The molecule has 3 rings (SSSR count). The van der Waals surface area contributed by atoms with Crippen LogP contribution in [0, 0.1) is 11.7 Å². The fourth-order valence-corrected chi connectivity index (χ4v) is 2.64. The van der Waals surface area contributed by atoms with Crippen LogP contribution in [0.15, 0.2) is 51.8 Å². The molecule has 0 fully saturated rings. The zero-order valence-electron chi connectivity index (χ0n) is 12.1. The molecule has 2 atom stereocenters. The zero-order valence-corrected chi connectivity index (χ0v) is 12.1. The summed E-state index contributed by atoms with van der Waals surface area (Å²) < 4.78 is 52.3. The van der Waals surface area contributed by atoms with E-state index in [1.807, 2.05) is 6.92 Å². The second-order valence-corrected chi connectivity index (χ2v) is 5.63. The predicted octanol–water partition coefficient (Wildman–Crippen LogP) is 4.77. The second-order valence-electron chi connectivity index (χ2n) is 5.63. The van der Waals surface area contributed by atoms with E-state index in [1.165, 1.54) is 6.08 Å². The van der Waals surface area contributed by atoms with Crippen molar-refractivity contribution in [2.24, 2.45) is 16.1 Å². The van der Waals surface area contributed by atoms with Gasteiger partial charge in [0.25, 0.3) is 0 Å². The van der Waals surface area contributed by atoms with Gasteiger partial charge in [-0.1, -0.05) is 13.0 Å². The van der Waals surface area contributed by atoms with Crippen molar-refractivity contribution in [3.05, 3.63) is 58.6 Å². The van der Waals surface area contributed by atoms with Crippen LogP contribution < -0.4 is 0 Å². The Bertz CT molecular complexity index is 762. The Morgan fingerprint density at radius 1 is 1.22 bits per heavy atom. The molecule has 1 heterocycles. The minimum atomic E-state index is -4.58. The van der Waals surface area contributed by atoms with Crippen molar-refractivity contribution in [3.8, 4) is 0 Å².